The summed E-state index contributed by atoms with van der Waals surface area (Å²) in [5, 5.41) is 12.6. The molecule has 0 radical (unpaired) electrons. The number of carbonyl (C=O) groups is 1. The molecule has 2 rings (SSSR count). The number of nitrogens with one attached hydrogen (secondary N) is 1. The van der Waals surface area contributed by atoms with E-state index in [4.69, 9.17) is 4.74 Å². The predicted octanol–water partition coefficient (Wildman–Crippen LogP) is 4.14. The molecule has 8 heteroatoms. The zero-order chi connectivity index (χ0) is 21.4. The van der Waals surface area contributed by atoms with E-state index in [0.29, 0.717) is 11.4 Å². The highest BCUT2D eigenvalue weighted by atomic mass is 32.2. The van der Waals surface area contributed by atoms with Gasteiger partial charge in [0.25, 0.3) is 0 Å². The van der Waals surface area contributed by atoms with Crippen LogP contribution in [0.1, 0.15) is 50.5 Å². The van der Waals surface area contributed by atoms with Crippen molar-refractivity contribution in [1.29, 1.82) is 0 Å². The first kappa shape index (κ1) is 23.2. The van der Waals surface area contributed by atoms with Crippen molar-refractivity contribution < 1.29 is 9.53 Å². The van der Waals surface area contributed by atoms with E-state index in [2.05, 4.69) is 52.9 Å². The van der Waals surface area contributed by atoms with Crippen molar-refractivity contribution in [3.8, 4) is 5.75 Å². The van der Waals surface area contributed by atoms with Gasteiger partial charge in [0.1, 0.15) is 5.75 Å². The number of benzene rings is 1. The van der Waals surface area contributed by atoms with E-state index in [0.717, 1.165) is 42.4 Å². The van der Waals surface area contributed by atoms with Crippen LogP contribution >= 0.6 is 11.8 Å². The van der Waals surface area contributed by atoms with Crippen LogP contribution in [0.4, 0.5) is 5.69 Å². The predicted molar refractivity (Wildman–Crippen MR) is 119 cm³/mol. The Balaban J connectivity index is 2.12. The van der Waals surface area contributed by atoms with Gasteiger partial charge in [-0.3, -0.25) is 9.69 Å². The minimum absolute atomic E-state index is 0.0925. The fraction of sp³-hybridized carbons (Fsp3) is 0.571. The number of ether oxygens (including phenoxy) is 1. The lowest BCUT2D eigenvalue weighted by atomic mass is 10.2. The average Bonchev–Trinajstić information content (AvgIpc) is 3.07. The average molecular weight is 420 g/mol. The second-order valence-electron chi connectivity index (χ2n) is 7.27. The maximum atomic E-state index is 12.5. The van der Waals surface area contributed by atoms with E-state index in [9.17, 15) is 4.79 Å². The number of unbranched alkanes of at least 4 members (excludes halogenated alkanes) is 1. The van der Waals surface area contributed by atoms with Gasteiger partial charge in [0.15, 0.2) is 11.0 Å². The normalized spacial score (nSPS) is 12.2. The topological polar surface area (TPSA) is 72.3 Å². The van der Waals surface area contributed by atoms with E-state index >= 15 is 0 Å². The number of hydrogen-bond donors (Lipinski definition) is 1. The molecule has 1 aromatic heterocycles. The fourth-order valence-corrected chi connectivity index (χ4v) is 3.97. The number of aromatic nitrogens is 3. The highest BCUT2D eigenvalue weighted by molar-refractivity contribution is 7.99. The van der Waals surface area contributed by atoms with Crippen molar-refractivity contribution in [2.75, 3.05) is 32.3 Å². The van der Waals surface area contributed by atoms with Gasteiger partial charge in [0, 0.05) is 6.54 Å². The maximum Gasteiger partial charge on any atom is 0.234 e. The van der Waals surface area contributed by atoms with Crippen LogP contribution in [-0.2, 0) is 11.3 Å². The van der Waals surface area contributed by atoms with Crippen molar-refractivity contribution in [2.45, 2.75) is 57.8 Å². The molecular weight excluding hydrogens is 386 g/mol. The van der Waals surface area contributed by atoms with Crippen molar-refractivity contribution in [3.05, 3.63) is 29.6 Å². The van der Waals surface area contributed by atoms with Crippen LogP contribution < -0.4 is 10.1 Å². The van der Waals surface area contributed by atoms with Crippen LogP contribution in [-0.4, -0.2) is 52.5 Å². The minimum Gasteiger partial charge on any atom is -0.495 e. The molecule has 1 N–H and O–H groups in total. The molecule has 0 bridgehead atoms. The summed E-state index contributed by atoms with van der Waals surface area (Å²) in [5.41, 5.74) is 1.75. The van der Waals surface area contributed by atoms with Crippen LogP contribution in [0.2, 0.25) is 0 Å². The third-order valence-corrected chi connectivity index (χ3v) is 5.72. The van der Waals surface area contributed by atoms with Crippen LogP contribution in [0.25, 0.3) is 0 Å². The Morgan fingerprint density at radius 2 is 2.07 bits per heavy atom. The van der Waals surface area contributed by atoms with Crippen LogP contribution in [0.3, 0.4) is 0 Å². The first-order chi connectivity index (χ1) is 13.9. The first-order valence-electron chi connectivity index (χ1n) is 10.1. The first-order valence-corrected chi connectivity index (χ1v) is 11.1. The van der Waals surface area contributed by atoms with Crippen molar-refractivity contribution in [1.82, 2.24) is 19.7 Å². The number of methoxy groups -OCH3 is 1. The number of aryl methyl sites for hydroxylation is 1. The number of amides is 1. The Bertz CT molecular complexity index is 806. The molecule has 2 aromatic rings. The molecule has 0 saturated heterocycles. The number of carbonyl (C=O) groups excluding carboxylic acids is 1. The van der Waals surface area contributed by atoms with Crippen molar-refractivity contribution in [3.63, 3.8) is 0 Å². The van der Waals surface area contributed by atoms with Gasteiger partial charge in [-0.1, -0.05) is 38.1 Å². The van der Waals surface area contributed by atoms with E-state index in [1.165, 1.54) is 11.8 Å². The molecule has 0 spiro atoms. The summed E-state index contributed by atoms with van der Waals surface area (Å²) >= 11 is 1.42. The zero-order valence-electron chi connectivity index (χ0n) is 18.4. The number of anilines is 1. The van der Waals surface area contributed by atoms with Gasteiger partial charge in [0.2, 0.25) is 5.91 Å². The smallest absolute Gasteiger partial charge is 0.234 e. The molecule has 0 saturated carbocycles. The Morgan fingerprint density at radius 1 is 1.31 bits per heavy atom. The van der Waals surface area contributed by atoms with Gasteiger partial charge in [-0.2, -0.15) is 0 Å². The van der Waals surface area contributed by atoms with Crippen molar-refractivity contribution in [2.24, 2.45) is 0 Å². The second-order valence-corrected chi connectivity index (χ2v) is 8.22. The van der Waals surface area contributed by atoms with Gasteiger partial charge >= 0.3 is 0 Å². The van der Waals surface area contributed by atoms with E-state index in [1.54, 1.807) is 7.11 Å². The molecule has 0 aliphatic carbocycles. The standard InChI is InChI=1S/C21H33N5O2S/c1-7-9-12-26-20(17(8-2)25(4)5)23-24-21(26)29-14-19(27)22-16-13-15(3)10-11-18(16)28-6/h10-11,13,17H,7-9,12,14H2,1-6H3,(H,22,27). The molecule has 1 amide bonds. The molecule has 1 unspecified atom stereocenters. The second kappa shape index (κ2) is 11.2. The number of nitrogens with zero attached hydrogens (tertiary/aromatic N) is 4. The molecule has 29 heavy (non-hydrogen) atoms. The summed E-state index contributed by atoms with van der Waals surface area (Å²) in [4.78, 5) is 14.7. The van der Waals surface area contributed by atoms with Gasteiger partial charge in [-0.15, -0.1) is 10.2 Å². The third-order valence-electron chi connectivity index (χ3n) is 4.75. The molecule has 0 aliphatic rings. The van der Waals surface area contributed by atoms with Gasteiger partial charge in [-0.05, 0) is 51.6 Å². The van der Waals surface area contributed by atoms with Crippen molar-refractivity contribution >= 4 is 23.4 Å². The summed E-state index contributed by atoms with van der Waals surface area (Å²) in [6, 6.07) is 5.93. The summed E-state index contributed by atoms with van der Waals surface area (Å²) < 4.78 is 7.51. The quantitative estimate of drug-likeness (QED) is 0.552. The molecule has 0 aliphatic heterocycles. The minimum atomic E-state index is -0.0925. The lowest BCUT2D eigenvalue weighted by Crippen LogP contribution is -2.23. The highest BCUT2D eigenvalue weighted by Gasteiger charge is 2.22. The van der Waals surface area contributed by atoms with Gasteiger partial charge in [0.05, 0.1) is 24.6 Å². The van der Waals surface area contributed by atoms with Crippen LogP contribution in [0, 0.1) is 6.92 Å². The number of rotatable bonds is 11. The van der Waals surface area contributed by atoms with Gasteiger partial charge in [-0.25, -0.2) is 0 Å². The van der Waals surface area contributed by atoms with Gasteiger partial charge < -0.3 is 14.6 Å². The lowest BCUT2D eigenvalue weighted by molar-refractivity contribution is -0.113. The highest BCUT2D eigenvalue weighted by Crippen LogP contribution is 2.27. The summed E-state index contributed by atoms with van der Waals surface area (Å²) in [7, 11) is 5.71. The van der Waals surface area contributed by atoms with E-state index in [1.807, 2.05) is 25.1 Å². The van der Waals surface area contributed by atoms with E-state index in [-0.39, 0.29) is 17.7 Å². The number of thioether (sulfide) groups is 1. The Morgan fingerprint density at radius 3 is 2.69 bits per heavy atom. The third kappa shape index (κ3) is 6.21. The summed E-state index contributed by atoms with van der Waals surface area (Å²) in [6.07, 6.45) is 3.10. The molecule has 7 nitrogen and oxygen atoms in total. The van der Waals surface area contributed by atoms with Crippen LogP contribution in [0.15, 0.2) is 23.4 Å². The molecule has 160 valence electrons. The molecule has 1 heterocycles. The summed E-state index contributed by atoms with van der Waals surface area (Å²) in [5.74, 6) is 1.79. The Hall–Kier alpha value is -2.06. The maximum absolute atomic E-state index is 12.5. The molecular formula is C21H33N5O2S. The lowest BCUT2D eigenvalue weighted by Gasteiger charge is -2.23. The molecule has 1 aromatic carbocycles. The largest absolute Gasteiger partial charge is 0.495 e. The summed E-state index contributed by atoms with van der Waals surface area (Å²) in [6.45, 7) is 7.16. The fourth-order valence-electron chi connectivity index (χ4n) is 3.19. The van der Waals surface area contributed by atoms with E-state index < -0.39 is 0 Å². The SMILES string of the molecule is CCCCn1c(SCC(=O)Nc2cc(C)ccc2OC)nnc1C(CC)N(C)C. The Kier molecular flexibility index (Phi) is 8.98. The van der Waals surface area contributed by atoms with Crippen LogP contribution in [0.5, 0.6) is 5.75 Å². The number of hydrogen-bond acceptors (Lipinski definition) is 6. The molecule has 0 fully saturated rings. The monoisotopic (exact) mass is 419 g/mol. The molecule has 1 atom stereocenters. The zero-order valence-corrected chi connectivity index (χ0v) is 19.2. The Labute approximate surface area is 178 Å².